The molecule has 0 aromatic heterocycles. The van der Waals surface area contributed by atoms with Gasteiger partial charge in [-0.3, -0.25) is 14.7 Å². The van der Waals surface area contributed by atoms with E-state index in [1.54, 1.807) is 50.2 Å². The second kappa shape index (κ2) is 9.84. The number of rotatable bonds is 9. The van der Waals surface area contributed by atoms with Crippen LogP contribution in [0.1, 0.15) is 25.2 Å². The van der Waals surface area contributed by atoms with Crippen molar-refractivity contribution in [2.75, 3.05) is 18.5 Å². The lowest BCUT2D eigenvalue weighted by atomic mass is 10.2. The highest BCUT2D eigenvalue weighted by atomic mass is 127. The van der Waals surface area contributed by atoms with Crippen LogP contribution in [0.2, 0.25) is 5.02 Å². The SMILES string of the molecule is CCOP(=O)(OCC)C(Nc1ccc(I)cc1[N+](=O)[O-])c1ccc(Cl)cc1. The number of nitro benzene ring substituents is 1. The van der Waals surface area contributed by atoms with Crippen LogP contribution in [0.3, 0.4) is 0 Å². The lowest BCUT2D eigenvalue weighted by Crippen LogP contribution is -2.16. The maximum absolute atomic E-state index is 13.4. The van der Waals surface area contributed by atoms with Crippen molar-refractivity contribution in [3.05, 3.63) is 66.7 Å². The molecule has 0 bridgehead atoms. The van der Waals surface area contributed by atoms with Gasteiger partial charge in [0.05, 0.1) is 18.1 Å². The number of halogens is 2. The van der Waals surface area contributed by atoms with Crippen LogP contribution in [0.25, 0.3) is 0 Å². The zero-order chi connectivity index (χ0) is 20.0. The molecule has 146 valence electrons. The molecule has 0 amide bonds. The highest BCUT2D eigenvalue weighted by molar-refractivity contribution is 14.1. The molecule has 0 saturated heterocycles. The van der Waals surface area contributed by atoms with Gasteiger partial charge in [-0.25, -0.2) is 0 Å². The molecule has 2 aromatic rings. The van der Waals surface area contributed by atoms with Gasteiger partial charge >= 0.3 is 7.60 Å². The van der Waals surface area contributed by atoms with Crippen molar-refractivity contribution in [3.8, 4) is 0 Å². The predicted molar refractivity (Wildman–Crippen MR) is 114 cm³/mol. The highest BCUT2D eigenvalue weighted by Crippen LogP contribution is 2.61. The van der Waals surface area contributed by atoms with Gasteiger partial charge in [0.2, 0.25) is 0 Å². The van der Waals surface area contributed by atoms with E-state index in [1.165, 1.54) is 6.07 Å². The maximum Gasteiger partial charge on any atom is 0.357 e. The fourth-order valence-corrected chi connectivity index (χ4v) is 4.99. The first-order valence-corrected chi connectivity index (χ1v) is 11.2. The number of hydrogen-bond acceptors (Lipinski definition) is 6. The fourth-order valence-electron chi connectivity index (χ4n) is 2.46. The van der Waals surface area contributed by atoms with E-state index in [9.17, 15) is 14.7 Å². The van der Waals surface area contributed by atoms with E-state index in [0.29, 0.717) is 14.2 Å². The topological polar surface area (TPSA) is 90.7 Å². The van der Waals surface area contributed by atoms with Gasteiger partial charge in [-0.15, -0.1) is 0 Å². The molecule has 0 fully saturated rings. The first-order valence-electron chi connectivity index (χ1n) is 8.15. The number of nitro groups is 1. The molecule has 0 heterocycles. The molecular weight excluding hydrogens is 506 g/mol. The first-order chi connectivity index (χ1) is 12.8. The molecule has 0 aliphatic rings. The molecule has 0 aliphatic carbocycles. The van der Waals surface area contributed by atoms with Crippen LogP contribution in [-0.4, -0.2) is 18.1 Å². The van der Waals surface area contributed by atoms with Crippen LogP contribution >= 0.6 is 41.8 Å². The van der Waals surface area contributed by atoms with E-state index in [4.69, 9.17) is 20.6 Å². The minimum atomic E-state index is -3.67. The molecule has 1 unspecified atom stereocenters. The van der Waals surface area contributed by atoms with Gasteiger partial charge in [0.1, 0.15) is 5.69 Å². The quantitative estimate of drug-likeness (QED) is 0.181. The van der Waals surface area contributed by atoms with Gasteiger partial charge < -0.3 is 14.4 Å². The minimum absolute atomic E-state index is 0.125. The Morgan fingerprint density at radius 2 is 1.78 bits per heavy atom. The van der Waals surface area contributed by atoms with E-state index in [1.807, 2.05) is 22.6 Å². The van der Waals surface area contributed by atoms with Crippen LogP contribution in [-0.2, 0) is 13.6 Å². The Morgan fingerprint density at radius 3 is 2.30 bits per heavy atom. The van der Waals surface area contributed by atoms with Crippen LogP contribution < -0.4 is 5.32 Å². The summed E-state index contributed by atoms with van der Waals surface area (Å²) in [5.74, 6) is -0.937. The summed E-state index contributed by atoms with van der Waals surface area (Å²) in [4.78, 5) is 11.0. The Kier molecular flexibility index (Phi) is 8.05. The zero-order valence-electron chi connectivity index (χ0n) is 14.7. The van der Waals surface area contributed by atoms with Gasteiger partial charge in [0, 0.05) is 14.7 Å². The summed E-state index contributed by atoms with van der Waals surface area (Å²) < 4.78 is 25.1. The summed E-state index contributed by atoms with van der Waals surface area (Å²) in [6, 6.07) is 11.4. The summed E-state index contributed by atoms with van der Waals surface area (Å²) in [5.41, 5.74) is 0.679. The van der Waals surface area contributed by atoms with Crippen LogP contribution in [0.4, 0.5) is 11.4 Å². The summed E-state index contributed by atoms with van der Waals surface area (Å²) >= 11 is 7.95. The summed E-state index contributed by atoms with van der Waals surface area (Å²) in [7, 11) is -3.67. The number of nitrogens with one attached hydrogen (secondary N) is 1. The fraction of sp³-hybridized carbons (Fsp3) is 0.294. The Bertz CT molecular complexity index is 840. The lowest BCUT2D eigenvalue weighted by Gasteiger charge is -2.28. The predicted octanol–water partition coefficient (Wildman–Crippen LogP) is 6.23. The average Bonchev–Trinajstić information content (AvgIpc) is 2.62. The third kappa shape index (κ3) is 5.65. The number of nitrogens with zero attached hydrogens (tertiary/aromatic N) is 1. The number of anilines is 1. The third-order valence-electron chi connectivity index (χ3n) is 3.57. The molecule has 27 heavy (non-hydrogen) atoms. The molecule has 0 radical (unpaired) electrons. The third-order valence-corrected chi connectivity index (χ3v) is 6.79. The molecule has 1 atom stereocenters. The Morgan fingerprint density at radius 1 is 1.19 bits per heavy atom. The van der Waals surface area contributed by atoms with Gasteiger partial charge in [0.15, 0.2) is 5.78 Å². The van der Waals surface area contributed by atoms with Crippen molar-refractivity contribution in [3.63, 3.8) is 0 Å². The van der Waals surface area contributed by atoms with Crippen molar-refractivity contribution in [1.29, 1.82) is 0 Å². The standard InChI is InChI=1S/C17H19ClIN2O5P/c1-3-25-27(24,26-4-2)17(12-5-7-13(18)8-6-12)20-15-10-9-14(19)11-16(15)21(22)23/h5-11,17,20H,3-4H2,1-2H3. The van der Waals surface area contributed by atoms with Crippen molar-refractivity contribution in [2.24, 2.45) is 0 Å². The Balaban J connectivity index is 2.55. The Labute approximate surface area is 176 Å². The van der Waals surface area contributed by atoms with Crippen molar-refractivity contribution in [2.45, 2.75) is 19.6 Å². The molecule has 2 rings (SSSR count). The van der Waals surface area contributed by atoms with Gasteiger partial charge in [0.25, 0.3) is 5.69 Å². The molecule has 2 aromatic carbocycles. The van der Waals surface area contributed by atoms with Crippen molar-refractivity contribution < 1.29 is 18.5 Å². The largest absolute Gasteiger partial charge is 0.362 e. The molecule has 0 spiro atoms. The highest BCUT2D eigenvalue weighted by Gasteiger charge is 2.38. The van der Waals surface area contributed by atoms with E-state index in [0.717, 1.165) is 0 Å². The maximum atomic E-state index is 13.4. The second-order valence-corrected chi connectivity index (χ2v) is 9.19. The van der Waals surface area contributed by atoms with Crippen LogP contribution in [0.15, 0.2) is 42.5 Å². The van der Waals surface area contributed by atoms with E-state index in [2.05, 4.69) is 5.32 Å². The Hall–Kier alpha value is -1.19. The van der Waals surface area contributed by atoms with Crippen molar-refractivity contribution in [1.82, 2.24) is 0 Å². The van der Waals surface area contributed by atoms with Crippen LogP contribution in [0, 0.1) is 13.7 Å². The smallest absolute Gasteiger partial charge is 0.357 e. The van der Waals surface area contributed by atoms with E-state index >= 15 is 0 Å². The summed E-state index contributed by atoms with van der Waals surface area (Å²) in [6.07, 6.45) is 0. The van der Waals surface area contributed by atoms with Gasteiger partial charge in [-0.2, -0.15) is 0 Å². The minimum Gasteiger partial charge on any atom is -0.362 e. The molecule has 0 saturated carbocycles. The summed E-state index contributed by atoms with van der Waals surface area (Å²) in [6.45, 7) is 3.74. The number of hydrogen-bond donors (Lipinski definition) is 1. The second-order valence-electron chi connectivity index (χ2n) is 5.39. The lowest BCUT2D eigenvalue weighted by molar-refractivity contribution is -0.384. The summed E-state index contributed by atoms with van der Waals surface area (Å²) in [5, 5.41) is 15.0. The molecule has 0 aliphatic heterocycles. The molecule has 1 N–H and O–H groups in total. The zero-order valence-corrected chi connectivity index (χ0v) is 18.5. The normalized spacial score (nSPS) is 12.6. The molecular formula is C17H19ClIN2O5P. The van der Waals surface area contributed by atoms with E-state index in [-0.39, 0.29) is 24.6 Å². The molecule has 7 nitrogen and oxygen atoms in total. The van der Waals surface area contributed by atoms with Gasteiger partial charge in [-0.1, -0.05) is 23.7 Å². The van der Waals surface area contributed by atoms with Crippen LogP contribution in [0.5, 0.6) is 0 Å². The van der Waals surface area contributed by atoms with E-state index < -0.39 is 18.3 Å². The van der Waals surface area contributed by atoms with Crippen molar-refractivity contribution >= 4 is 53.2 Å². The number of benzene rings is 2. The first kappa shape index (κ1) is 22.1. The average molecular weight is 525 g/mol. The molecule has 10 heteroatoms. The monoisotopic (exact) mass is 524 g/mol. The van der Waals surface area contributed by atoms with Gasteiger partial charge in [-0.05, 0) is 66.3 Å².